The van der Waals surface area contributed by atoms with Crippen LogP contribution in [0.4, 0.5) is 17.2 Å². The highest BCUT2D eigenvalue weighted by molar-refractivity contribution is 8.00. The normalized spacial score (nSPS) is 11.6. The van der Waals surface area contributed by atoms with Gasteiger partial charge in [0.2, 0.25) is 5.91 Å². The highest BCUT2D eigenvalue weighted by atomic mass is 32.2. The number of nitrogens with one attached hydrogen (secondary N) is 1. The van der Waals surface area contributed by atoms with Crippen molar-refractivity contribution < 1.29 is 14.5 Å². The molecule has 0 unspecified atom stereocenters. The Hall–Kier alpha value is -2.88. The number of methoxy groups -OCH3 is 1. The van der Waals surface area contributed by atoms with Crippen molar-refractivity contribution in [2.45, 2.75) is 24.3 Å². The Morgan fingerprint density at radius 3 is 2.72 bits per heavy atom. The molecule has 1 atom stereocenters. The zero-order valence-corrected chi connectivity index (χ0v) is 14.7. The molecule has 1 aromatic heterocycles. The first-order chi connectivity index (χ1) is 11.8. The Morgan fingerprint density at radius 1 is 1.40 bits per heavy atom. The molecule has 0 bridgehead atoms. The first-order valence-electron chi connectivity index (χ1n) is 7.21. The van der Waals surface area contributed by atoms with Crippen molar-refractivity contribution in [2.24, 2.45) is 0 Å². The lowest BCUT2D eigenvalue weighted by Crippen LogP contribution is -2.23. The van der Waals surface area contributed by atoms with Crippen molar-refractivity contribution in [3.05, 3.63) is 40.1 Å². The lowest BCUT2D eigenvalue weighted by atomic mass is 10.2. The minimum atomic E-state index is -0.583. The number of hydrogen-bond acceptors (Lipinski definition) is 8. The van der Waals surface area contributed by atoms with Crippen molar-refractivity contribution in [1.82, 2.24) is 9.97 Å². The smallest absolute Gasteiger partial charge is 0.296 e. The van der Waals surface area contributed by atoms with Crippen LogP contribution in [0, 0.1) is 17.0 Å². The van der Waals surface area contributed by atoms with E-state index in [0.717, 1.165) is 11.8 Å². The average molecular weight is 363 g/mol. The van der Waals surface area contributed by atoms with E-state index < -0.39 is 16.1 Å². The van der Waals surface area contributed by atoms with Gasteiger partial charge in [0.1, 0.15) is 17.3 Å². The number of amides is 1. The number of nitro groups is 1. The summed E-state index contributed by atoms with van der Waals surface area (Å²) in [4.78, 5) is 31.2. The summed E-state index contributed by atoms with van der Waals surface area (Å²) in [5, 5.41) is 13.5. The molecule has 132 valence electrons. The number of nitro benzene ring substituents is 1. The molecule has 10 heteroatoms. The van der Waals surface area contributed by atoms with Crippen LogP contribution in [0.3, 0.4) is 0 Å². The van der Waals surface area contributed by atoms with E-state index in [-0.39, 0.29) is 11.4 Å². The van der Waals surface area contributed by atoms with Gasteiger partial charge >= 0.3 is 0 Å². The van der Waals surface area contributed by atoms with Crippen LogP contribution in [0.5, 0.6) is 5.75 Å². The molecular weight excluding hydrogens is 346 g/mol. The highest BCUT2D eigenvalue weighted by Gasteiger charge is 2.21. The molecule has 0 fully saturated rings. The summed E-state index contributed by atoms with van der Waals surface area (Å²) < 4.78 is 4.96. The number of ether oxygens (including phenoxy) is 1. The number of aryl methyl sites for hydroxylation is 1. The molecule has 0 aliphatic carbocycles. The van der Waals surface area contributed by atoms with E-state index in [1.54, 1.807) is 19.9 Å². The van der Waals surface area contributed by atoms with Gasteiger partial charge in [-0.2, -0.15) is 0 Å². The molecule has 0 aliphatic rings. The molecule has 0 saturated carbocycles. The van der Waals surface area contributed by atoms with E-state index in [1.807, 2.05) is 0 Å². The van der Waals surface area contributed by atoms with Gasteiger partial charge in [0.25, 0.3) is 5.69 Å². The number of aromatic nitrogens is 2. The van der Waals surface area contributed by atoms with Gasteiger partial charge in [-0.25, -0.2) is 9.97 Å². The van der Waals surface area contributed by atoms with Crippen LogP contribution in [0.1, 0.15) is 12.6 Å². The van der Waals surface area contributed by atoms with Crippen LogP contribution >= 0.6 is 11.8 Å². The van der Waals surface area contributed by atoms with Crippen LogP contribution in [0.2, 0.25) is 0 Å². The number of anilines is 2. The Labute approximate surface area is 148 Å². The molecular formula is C15H17N5O4S. The average Bonchev–Trinajstić information content (AvgIpc) is 2.53. The maximum atomic E-state index is 12.3. The van der Waals surface area contributed by atoms with Gasteiger partial charge in [-0.1, -0.05) is 11.8 Å². The van der Waals surface area contributed by atoms with E-state index in [9.17, 15) is 14.9 Å². The second-order valence-corrected chi connectivity index (χ2v) is 6.41. The highest BCUT2D eigenvalue weighted by Crippen LogP contribution is 2.30. The maximum Gasteiger partial charge on any atom is 0.296 e. The second kappa shape index (κ2) is 7.79. The molecule has 1 amide bonds. The van der Waals surface area contributed by atoms with Crippen LogP contribution in [0.25, 0.3) is 0 Å². The van der Waals surface area contributed by atoms with E-state index in [0.29, 0.717) is 22.4 Å². The largest absolute Gasteiger partial charge is 0.496 e. The maximum absolute atomic E-state index is 12.3. The minimum absolute atomic E-state index is 0.0907. The number of thioether (sulfide) groups is 1. The number of nitrogens with zero attached hydrogens (tertiary/aromatic N) is 3. The van der Waals surface area contributed by atoms with Gasteiger partial charge in [0, 0.05) is 11.8 Å². The van der Waals surface area contributed by atoms with Gasteiger partial charge in [-0.15, -0.1) is 0 Å². The van der Waals surface area contributed by atoms with Crippen molar-refractivity contribution in [2.75, 3.05) is 18.2 Å². The van der Waals surface area contributed by atoms with Crippen LogP contribution in [-0.2, 0) is 4.79 Å². The quantitative estimate of drug-likeness (QED) is 0.346. The molecule has 1 aromatic carbocycles. The van der Waals surface area contributed by atoms with Crippen LogP contribution in [-0.4, -0.2) is 33.2 Å². The van der Waals surface area contributed by atoms with Crippen molar-refractivity contribution in [3.8, 4) is 5.75 Å². The SMILES string of the molecule is COc1ccc(NC(=O)[C@H](C)Sc2nc(C)cc(N)n2)c([N+](=O)[O-])c1. The second-order valence-electron chi connectivity index (χ2n) is 5.11. The molecule has 9 nitrogen and oxygen atoms in total. The minimum Gasteiger partial charge on any atom is -0.496 e. The lowest BCUT2D eigenvalue weighted by Gasteiger charge is -2.12. The number of carbonyl (C=O) groups is 1. The Bertz CT molecular complexity index is 794. The fourth-order valence-corrected chi connectivity index (χ4v) is 2.80. The predicted molar refractivity (Wildman–Crippen MR) is 94.8 cm³/mol. The van der Waals surface area contributed by atoms with E-state index in [4.69, 9.17) is 10.5 Å². The Balaban J connectivity index is 2.14. The Morgan fingerprint density at radius 2 is 2.12 bits per heavy atom. The number of hydrogen-bond donors (Lipinski definition) is 2. The van der Waals surface area contributed by atoms with Crippen molar-refractivity contribution in [3.63, 3.8) is 0 Å². The topological polar surface area (TPSA) is 133 Å². The lowest BCUT2D eigenvalue weighted by molar-refractivity contribution is -0.384. The van der Waals surface area contributed by atoms with Crippen molar-refractivity contribution in [1.29, 1.82) is 0 Å². The fraction of sp³-hybridized carbons (Fsp3) is 0.267. The summed E-state index contributed by atoms with van der Waals surface area (Å²) in [5.74, 6) is 0.228. The number of nitrogens with two attached hydrogens (primary N) is 1. The summed E-state index contributed by atoms with van der Waals surface area (Å²) in [6.45, 7) is 3.42. The van der Waals surface area contributed by atoms with Crippen LogP contribution < -0.4 is 15.8 Å². The molecule has 3 N–H and O–H groups in total. The standard InChI is InChI=1S/C15H17N5O4S/c1-8-6-13(16)19-15(17-8)25-9(2)14(21)18-11-5-4-10(24-3)7-12(11)20(22)23/h4-7,9H,1-3H3,(H,18,21)(H2,16,17,19)/t9-/m0/s1. The molecule has 0 saturated heterocycles. The molecule has 2 rings (SSSR count). The summed E-state index contributed by atoms with van der Waals surface area (Å²) in [6, 6.07) is 5.82. The van der Waals surface area contributed by atoms with Gasteiger partial charge in [-0.3, -0.25) is 14.9 Å². The summed E-state index contributed by atoms with van der Waals surface area (Å²) in [6.07, 6.45) is 0. The van der Waals surface area contributed by atoms with Crippen molar-refractivity contribution >= 4 is 34.9 Å². The number of rotatable bonds is 6. The third-order valence-electron chi connectivity index (χ3n) is 3.16. The molecule has 0 radical (unpaired) electrons. The zero-order chi connectivity index (χ0) is 18.6. The Kier molecular flexibility index (Phi) is 5.75. The first-order valence-corrected chi connectivity index (χ1v) is 8.09. The molecule has 1 heterocycles. The molecule has 0 aliphatic heterocycles. The molecule has 25 heavy (non-hydrogen) atoms. The number of carbonyl (C=O) groups excluding carboxylic acids is 1. The van der Waals surface area contributed by atoms with Gasteiger partial charge in [0.15, 0.2) is 5.16 Å². The fourth-order valence-electron chi connectivity index (χ4n) is 1.96. The molecule has 2 aromatic rings. The van der Waals surface area contributed by atoms with Gasteiger partial charge in [-0.05, 0) is 26.0 Å². The third kappa shape index (κ3) is 4.80. The van der Waals surface area contributed by atoms with Gasteiger partial charge in [0.05, 0.1) is 23.3 Å². The predicted octanol–water partition coefficient (Wildman–Crippen LogP) is 2.40. The monoisotopic (exact) mass is 363 g/mol. The summed E-state index contributed by atoms with van der Waals surface area (Å²) >= 11 is 1.11. The summed E-state index contributed by atoms with van der Waals surface area (Å²) in [5.41, 5.74) is 6.19. The zero-order valence-electron chi connectivity index (χ0n) is 13.8. The first kappa shape index (κ1) is 18.5. The third-order valence-corrected chi connectivity index (χ3v) is 4.13. The van der Waals surface area contributed by atoms with Crippen LogP contribution in [0.15, 0.2) is 29.4 Å². The van der Waals surface area contributed by atoms with Gasteiger partial charge < -0.3 is 15.8 Å². The van der Waals surface area contributed by atoms with E-state index in [1.165, 1.54) is 25.3 Å². The molecule has 0 spiro atoms. The van der Waals surface area contributed by atoms with E-state index in [2.05, 4.69) is 15.3 Å². The number of benzene rings is 1. The summed E-state index contributed by atoms with van der Waals surface area (Å²) in [7, 11) is 1.41. The number of nitrogen functional groups attached to an aromatic ring is 1. The van der Waals surface area contributed by atoms with E-state index >= 15 is 0 Å².